The molecule has 1 heterocycles. The molecule has 19 heavy (non-hydrogen) atoms. The van der Waals surface area contributed by atoms with E-state index in [1.54, 1.807) is 0 Å². The Morgan fingerprint density at radius 2 is 2.11 bits per heavy atom. The fraction of sp³-hybridized carbons (Fsp3) is 0.667. The first-order valence-corrected chi connectivity index (χ1v) is 7.13. The van der Waals surface area contributed by atoms with E-state index < -0.39 is 0 Å². The largest absolute Gasteiger partial charge is 0.470 e. The van der Waals surface area contributed by atoms with Crippen LogP contribution in [0, 0.1) is 5.92 Å². The molecule has 106 valence electrons. The summed E-state index contributed by atoms with van der Waals surface area (Å²) < 4.78 is 5.76. The average Bonchev–Trinajstić information content (AvgIpc) is 2.24. The molecule has 0 aliphatic heterocycles. The van der Waals surface area contributed by atoms with Crippen LogP contribution in [0.2, 0.25) is 0 Å². The lowest BCUT2D eigenvalue weighted by Gasteiger charge is -2.25. The Hall–Kier alpha value is -1.45. The third kappa shape index (κ3) is 4.30. The molecule has 0 saturated heterocycles. The number of pyridine rings is 1. The van der Waals surface area contributed by atoms with Crippen LogP contribution in [-0.4, -0.2) is 17.1 Å². The molecule has 4 nitrogen and oxygen atoms in total. The molecule has 0 unspecified atom stereocenters. The van der Waals surface area contributed by atoms with E-state index in [1.165, 1.54) is 25.7 Å². The SMILES string of the molecule is CC(C)(C)Oc1nc(NCCC2CCC2)ccc1N. The zero-order valence-corrected chi connectivity index (χ0v) is 12.2. The van der Waals surface area contributed by atoms with E-state index in [0.717, 1.165) is 18.3 Å². The number of ether oxygens (including phenoxy) is 1. The van der Waals surface area contributed by atoms with Crippen molar-refractivity contribution < 1.29 is 4.74 Å². The lowest BCUT2D eigenvalue weighted by molar-refractivity contribution is 0.125. The normalized spacial score (nSPS) is 15.9. The molecule has 0 bridgehead atoms. The van der Waals surface area contributed by atoms with Crippen molar-refractivity contribution in [2.24, 2.45) is 5.92 Å². The summed E-state index contributed by atoms with van der Waals surface area (Å²) in [6.45, 7) is 6.94. The van der Waals surface area contributed by atoms with Crippen LogP contribution in [0.4, 0.5) is 11.5 Å². The quantitative estimate of drug-likeness (QED) is 0.854. The first-order valence-electron chi connectivity index (χ1n) is 7.13. The van der Waals surface area contributed by atoms with Crippen LogP contribution < -0.4 is 15.8 Å². The molecule has 1 saturated carbocycles. The zero-order chi connectivity index (χ0) is 13.9. The van der Waals surface area contributed by atoms with E-state index in [-0.39, 0.29) is 5.60 Å². The number of nitrogen functional groups attached to an aromatic ring is 1. The number of nitrogens with two attached hydrogens (primary N) is 1. The van der Waals surface area contributed by atoms with Gasteiger partial charge in [-0.15, -0.1) is 0 Å². The standard InChI is InChI=1S/C15H25N3O/c1-15(2,3)19-14-12(16)7-8-13(18-14)17-10-9-11-5-4-6-11/h7-8,11H,4-6,9-10,16H2,1-3H3,(H,17,18). The minimum absolute atomic E-state index is 0.286. The second-order valence-electron chi connectivity index (χ2n) is 6.32. The van der Waals surface area contributed by atoms with Crippen molar-refractivity contribution in [3.05, 3.63) is 12.1 Å². The lowest BCUT2D eigenvalue weighted by Crippen LogP contribution is -2.24. The Kier molecular flexibility index (Phi) is 4.17. The topological polar surface area (TPSA) is 60.2 Å². The molecule has 1 aliphatic carbocycles. The molecule has 0 radical (unpaired) electrons. The van der Waals surface area contributed by atoms with Gasteiger partial charge in [0.05, 0.1) is 5.69 Å². The van der Waals surface area contributed by atoms with Crippen LogP contribution in [0.5, 0.6) is 5.88 Å². The van der Waals surface area contributed by atoms with Crippen molar-refractivity contribution in [2.45, 2.75) is 52.1 Å². The smallest absolute Gasteiger partial charge is 0.239 e. The Balaban J connectivity index is 1.91. The molecule has 1 aromatic heterocycles. The summed E-state index contributed by atoms with van der Waals surface area (Å²) in [4.78, 5) is 4.44. The summed E-state index contributed by atoms with van der Waals surface area (Å²) in [5, 5.41) is 3.35. The van der Waals surface area contributed by atoms with Gasteiger partial charge < -0.3 is 15.8 Å². The van der Waals surface area contributed by atoms with Gasteiger partial charge in [-0.05, 0) is 45.2 Å². The Labute approximate surface area is 115 Å². The van der Waals surface area contributed by atoms with E-state index in [1.807, 2.05) is 32.9 Å². The van der Waals surface area contributed by atoms with Gasteiger partial charge in [0.15, 0.2) is 0 Å². The highest BCUT2D eigenvalue weighted by molar-refractivity contribution is 5.53. The third-order valence-electron chi connectivity index (χ3n) is 3.38. The lowest BCUT2D eigenvalue weighted by atomic mass is 9.83. The maximum atomic E-state index is 5.89. The molecule has 0 atom stereocenters. The fourth-order valence-corrected chi connectivity index (χ4v) is 2.11. The molecule has 4 heteroatoms. The third-order valence-corrected chi connectivity index (χ3v) is 3.38. The van der Waals surface area contributed by atoms with E-state index >= 15 is 0 Å². The monoisotopic (exact) mass is 263 g/mol. The predicted octanol–water partition coefficient (Wildman–Crippen LogP) is 3.44. The first kappa shape index (κ1) is 14.0. The van der Waals surface area contributed by atoms with Crippen molar-refractivity contribution in [3.8, 4) is 5.88 Å². The van der Waals surface area contributed by atoms with Crippen LogP contribution in [0.3, 0.4) is 0 Å². The Bertz CT molecular complexity index is 422. The van der Waals surface area contributed by atoms with Gasteiger partial charge in [0.2, 0.25) is 5.88 Å². The Morgan fingerprint density at radius 1 is 1.37 bits per heavy atom. The number of rotatable bonds is 5. The minimum atomic E-state index is -0.286. The number of aromatic nitrogens is 1. The van der Waals surface area contributed by atoms with Crippen molar-refractivity contribution >= 4 is 11.5 Å². The molecule has 0 aromatic carbocycles. The highest BCUT2D eigenvalue weighted by atomic mass is 16.5. The molecule has 2 rings (SSSR count). The molecule has 3 N–H and O–H groups in total. The van der Waals surface area contributed by atoms with Crippen LogP contribution in [-0.2, 0) is 0 Å². The van der Waals surface area contributed by atoms with Crippen molar-refractivity contribution in [3.63, 3.8) is 0 Å². The van der Waals surface area contributed by atoms with Crippen LogP contribution in [0.25, 0.3) is 0 Å². The maximum Gasteiger partial charge on any atom is 0.239 e. The van der Waals surface area contributed by atoms with Crippen molar-refractivity contribution in [1.82, 2.24) is 4.98 Å². The van der Waals surface area contributed by atoms with Crippen LogP contribution in [0.1, 0.15) is 46.5 Å². The van der Waals surface area contributed by atoms with Crippen LogP contribution in [0.15, 0.2) is 12.1 Å². The summed E-state index contributed by atoms with van der Waals surface area (Å²) in [6, 6.07) is 3.76. The molecule has 1 aromatic rings. The van der Waals surface area contributed by atoms with Crippen LogP contribution >= 0.6 is 0 Å². The predicted molar refractivity (Wildman–Crippen MR) is 79.5 cm³/mol. The second kappa shape index (κ2) is 5.68. The maximum absolute atomic E-state index is 5.89. The molecule has 0 spiro atoms. The zero-order valence-electron chi connectivity index (χ0n) is 12.2. The highest BCUT2D eigenvalue weighted by Gasteiger charge is 2.17. The molecule has 1 aliphatic rings. The number of hydrogen-bond acceptors (Lipinski definition) is 4. The van der Waals surface area contributed by atoms with Gasteiger partial charge in [-0.1, -0.05) is 19.3 Å². The second-order valence-corrected chi connectivity index (χ2v) is 6.32. The molecule has 0 amide bonds. The van der Waals surface area contributed by atoms with Gasteiger partial charge in [0.1, 0.15) is 11.4 Å². The van der Waals surface area contributed by atoms with E-state index in [2.05, 4.69) is 10.3 Å². The average molecular weight is 263 g/mol. The minimum Gasteiger partial charge on any atom is -0.470 e. The number of anilines is 2. The summed E-state index contributed by atoms with van der Waals surface area (Å²) in [6.07, 6.45) is 5.39. The van der Waals surface area contributed by atoms with Gasteiger partial charge >= 0.3 is 0 Å². The Morgan fingerprint density at radius 3 is 2.68 bits per heavy atom. The summed E-state index contributed by atoms with van der Waals surface area (Å²) >= 11 is 0. The highest BCUT2D eigenvalue weighted by Crippen LogP contribution is 2.29. The van der Waals surface area contributed by atoms with Gasteiger partial charge in [-0.2, -0.15) is 4.98 Å². The molecular formula is C15H25N3O. The van der Waals surface area contributed by atoms with E-state index in [9.17, 15) is 0 Å². The number of nitrogens with one attached hydrogen (secondary N) is 1. The van der Waals surface area contributed by atoms with Crippen molar-refractivity contribution in [2.75, 3.05) is 17.6 Å². The van der Waals surface area contributed by atoms with Gasteiger partial charge in [0.25, 0.3) is 0 Å². The number of hydrogen-bond donors (Lipinski definition) is 2. The first-order chi connectivity index (χ1) is 8.94. The summed E-state index contributed by atoms with van der Waals surface area (Å²) in [5.74, 6) is 2.26. The fourth-order valence-electron chi connectivity index (χ4n) is 2.11. The van der Waals surface area contributed by atoms with Crippen molar-refractivity contribution in [1.29, 1.82) is 0 Å². The molecule has 1 fully saturated rings. The van der Waals surface area contributed by atoms with Gasteiger partial charge in [-0.3, -0.25) is 0 Å². The summed E-state index contributed by atoms with van der Waals surface area (Å²) in [5.41, 5.74) is 6.19. The van der Waals surface area contributed by atoms with E-state index in [0.29, 0.717) is 11.6 Å². The van der Waals surface area contributed by atoms with Gasteiger partial charge in [-0.25, -0.2) is 0 Å². The van der Waals surface area contributed by atoms with Gasteiger partial charge in [0, 0.05) is 6.54 Å². The molecular weight excluding hydrogens is 238 g/mol. The summed E-state index contributed by atoms with van der Waals surface area (Å²) in [7, 11) is 0. The van der Waals surface area contributed by atoms with E-state index in [4.69, 9.17) is 10.5 Å². The number of nitrogens with zero attached hydrogens (tertiary/aromatic N) is 1.